The monoisotopic (exact) mass is 488 g/mol. The van der Waals surface area contributed by atoms with Gasteiger partial charge in [-0.1, -0.05) is 30.3 Å². The standard InChI is InChI=1S/C23H34Cl2N2O5/c1-3-31-23(30)18(13-15-9-5-4-6-10-15)27-22(29)16-14-17(24)21(19(25)20(16)28)32-12-8-7-11-26-2/h4-6,9-10,16-21,26,28H,3,7-8,11-14H2,1-2H3,(H,27,29)/t16?,17?,18-,19?,20?,21?/m1/s1. The fraction of sp³-hybridized carbons (Fsp3) is 0.652. The van der Waals surface area contributed by atoms with Gasteiger partial charge in [-0.05, 0) is 45.3 Å². The van der Waals surface area contributed by atoms with Crippen molar-refractivity contribution in [3.63, 3.8) is 0 Å². The highest BCUT2D eigenvalue weighted by molar-refractivity contribution is 6.25. The molecule has 2 rings (SSSR count). The van der Waals surface area contributed by atoms with E-state index < -0.39 is 46.8 Å². The number of rotatable bonds is 12. The molecule has 1 saturated carbocycles. The van der Waals surface area contributed by atoms with Crippen LogP contribution in [0.15, 0.2) is 30.3 Å². The first-order valence-electron chi connectivity index (χ1n) is 11.1. The Morgan fingerprint density at radius 1 is 1.22 bits per heavy atom. The first-order valence-corrected chi connectivity index (χ1v) is 12.0. The van der Waals surface area contributed by atoms with Crippen molar-refractivity contribution in [1.29, 1.82) is 0 Å². The molecular formula is C23H34Cl2N2O5. The molecule has 1 aliphatic carbocycles. The first-order chi connectivity index (χ1) is 15.4. The van der Waals surface area contributed by atoms with Crippen LogP contribution in [-0.2, 0) is 25.5 Å². The summed E-state index contributed by atoms with van der Waals surface area (Å²) in [5, 5.41) is 15.2. The van der Waals surface area contributed by atoms with E-state index in [2.05, 4.69) is 10.6 Å². The number of aliphatic hydroxyl groups is 1. The first kappa shape index (κ1) is 26.9. The summed E-state index contributed by atoms with van der Waals surface area (Å²) in [5.74, 6) is -1.85. The number of amides is 1. The van der Waals surface area contributed by atoms with Crippen molar-refractivity contribution in [2.75, 3.05) is 26.8 Å². The maximum absolute atomic E-state index is 13.0. The Balaban J connectivity index is 1.99. The summed E-state index contributed by atoms with van der Waals surface area (Å²) in [6.07, 6.45) is 0.560. The van der Waals surface area contributed by atoms with E-state index in [1.165, 1.54) is 0 Å². The van der Waals surface area contributed by atoms with Crippen LogP contribution in [0.2, 0.25) is 0 Å². The maximum Gasteiger partial charge on any atom is 0.328 e. The number of unbranched alkanes of at least 4 members (excludes halogenated alkanes) is 1. The van der Waals surface area contributed by atoms with Crippen LogP contribution in [0.25, 0.3) is 0 Å². The Morgan fingerprint density at radius 3 is 2.59 bits per heavy atom. The minimum atomic E-state index is -1.14. The van der Waals surface area contributed by atoms with Crippen LogP contribution in [0.4, 0.5) is 0 Å². The van der Waals surface area contributed by atoms with Gasteiger partial charge in [0, 0.05) is 13.0 Å². The van der Waals surface area contributed by atoms with Crippen molar-refractivity contribution < 1.29 is 24.2 Å². The van der Waals surface area contributed by atoms with Crippen molar-refractivity contribution in [3.05, 3.63) is 35.9 Å². The van der Waals surface area contributed by atoms with E-state index >= 15 is 0 Å². The van der Waals surface area contributed by atoms with Crippen molar-refractivity contribution in [2.45, 2.75) is 61.6 Å². The SMILES string of the molecule is CCOC(=O)[C@@H](Cc1ccccc1)NC(=O)C1CC(Cl)C(OCCCCNC)C(Cl)C1O. The predicted molar refractivity (Wildman–Crippen MR) is 125 cm³/mol. The molecule has 0 aliphatic heterocycles. The highest BCUT2D eigenvalue weighted by Crippen LogP contribution is 2.34. The number of aliphatic hydroxyl groups excluding tert-OH is 1. The molecule has 9 heteroatoms. The molecule has 0 heterocycles. The topological polar surface area (TPSA) is 96.9 Å². The molecule has 1 fully saturated rings. The Bertz CT molecular complexity index is 709. The van der Waals surface area contributed by atoms with E-state index in [-0.39, 0.29) is 19.4 Å². The predicted octanol–water partition coefficient (Wildman–Crippen LogP) is 2.26. The van der Waals surface area contributed by atoms with E-state index in [1.54, 1.807) is 6.92 Å². The van der Waals surface area contributed by atoms with Crippen LogP contribution in [-0.4, -0.2) is 72.8 Å². The van der Waals surface area contributed by atoms with Gasteiger partial charge in [-0.25, -0.2) is 4.79 Å². The Hall–Kier alpha value is -1.38. The average Bonchev–Trinajstić information content (AvgIpc) is 2.78. The number of hydrogen-bond donors (Lipinski definition) is 3. The van der Waals surface area contributed by atoms with Crippen LogP contribution in [0, 0.1) is 5.92 Å². The third kappa shape index (κ3) is 7.89. The van der Waals surface area contributed by atoms with Crippen LogP contribution in [0.3, 0.4) is 0 Å². The van der Waals surface area contributed by atoms with Gasteiger partial charge in [-0.2, -0.15) is 0 Å². The summed E-state index contributed by atoms with van der Waals surface area (Å²) in [4.78, 5) is 25.4. The Kier molecular flexibility index (Phi) is 11.8. The Morgan fingerprint density at radius 2 is 1.94 bits per heavy atom. The highest BCUT2D eigenvalue weighted by atomic mass is 35.5. The molecule has 7 nitrogen and oxygen atoms in total. The van der Waals surface area contributed by atoms with Crippen molar-refractivity contribution >= 4 is 35.1 Å². The van der Waals surface area contributed by atoms with E-state index in [0.29, 0.717) is 6.61 Å². The molecule has 6 atom stereocenters. The zero-order valence-corrected chi connectivity index (χ0v) is 20.1. The van der Waals surface area contributed by atoms with E-state index in [0.717, 1.165) is 24.9 Å². The van der Waals surface area contributed by atoms with E-state index in [4.69, 9.17) is 32.7 Å². The molecule has 1 aliphatic rings. The zero-order chi connectivity index (χ0) is 23.5. The van der Waals surface area contributed by atoms with Gasteiger partial charge in [0.15, 0.2) is 0 Å². The summed E-state index contributed by atoms with van der Waals surface area (Å²) >= 11 is 12.9. The van der Waals surface area contributed by atoms with Gasteiger partial charge >= 0.3 is 5.97 Å². The number of hydrogen-bond acceptors (Lipinski definition) is 6. The smallest absolute Gasteiger partial charge is 0.328 e. The van der Waals surface area contributed by atoms with Gasteiger partial charge in [0.2, 0.25) is 5.91 Å². The van der Waals surface area contributed by atoms with E-state index in [9.17, 15) is 14.7 Å². The molecule has 5 unspecified atom stereocenters. The lowest BCUT2D eigenvalue weighted by Gasteiger charge is -2.39. The van der Waals surface area contributed by atoms with Crippen molar-refractivity contribution in [1.82, 2.24) is 10.6 Å². The van der Waals surface area contributed by atoms with Gasteiger partial charge in [-0.15, -0.1) is 23.2 Å². The lowest BCUT2D eigenvalue weighted by atomic mass is 9.83. The highest BCUT2D eigenvalue weighted by Gasteiger charge is 2.46. The van der Waals surface area contributed by atoms with Crippen LogP contribution in [0.5, 0.6) is 0 Å². The number of esters is 1. The molecule has 0 spiro atoms. The lowest BCUT2D eigenvalue weighted by molar-refractivity contribution is -0.149. The molecule has 0 saturated heterocycles. The molecule has 1 aromatic carbocycles. The third-order valence-corrected chi connectivity index (χ3v) is 6.46. The number of halogens is 2. The van der Waals surface area contributed by atoms with E-state index in [1.807, 2.05) is 37.4 Å². The minimum absolute atomic E-state index is 0.194. The number of carbonyl (C=O) groups is 2. The van der Waals surface area contributed by atoms with Crippen molar-refractivity contribution in [3.8, 4) is 0 Å². The summed E-state index contributed by atoms with van der Waals surface area (Å²) < 4.78 is 11.0. The largest absolute Gasteiger partial charge is 0.464 e. The lowest BCUT2D eigenvalue weighted by Crippen LogP contribution is -2.56. The number of alkyl halides is 2. The van der Waals surface area contributed by atoms with Gasteiger partial charge in [0.1, 0.15) is 6.04 Å². The Labute approximate surface area is 200 Å². The molecule has 0 aromatic heterocycles. The van der Waals surface area contributed by atoms with Crippen molar-refractivity contribution in [2.24, 2.45) is 5.92 Å². The molecule has 180 valence electrons. The molecule has 1 aromatic rings. The molecule has 3 N–H and O–H groups in total. The molecule has 1 amide bonds. The van der Waals surface area contributed by atoms with Crippen LogP contribution < -0.4 is 10.6 Å². The maximum atomic E-state index is 13.0. The quantitative estimate of drug-likeness (QED) is 0.237. The number of ether oxygens (including phenoxy) is 2. The van der Waals surface area contributed by atoms with Gasteiger partial charge in [0.25, 0.3) is 0 Å². The second-order valence-corrected chi connectivity index (χ2v) is 9.01. The summed E-state index contributed by atoms with van der Waals surface area (Å²) in [6, 6.07) is 8.46. The normalized spacial score (nSPS) is 26.3. The summed E-state index contributed by atoms with van der Waals surface area (Å²) in [5.41, 5.74) is 0.882. The fourth-order valence-electron chi connectivity index (χ4n) is 3.78. The molecule has 32 heavy (non-hydrogen) atoms. The molecule has 0 radical (unpaired) electrons. The van der Waals surface area contributed by atoms with Gasteiger partial charge in [-0.3, -0.25) is 4.79 Å². The van der Waals surface area contributed by atoms with Gasteiger partial charge in [0.05, 0.1) is 35.5 Å². The van der Waals surface area contributed by atoms with Gasteiger partial charge < -0.3 is 25.2 Å². The fourth-order valence-corrected chi connectivity index (χ4v) is 4.70. The minimum Gasteiger partial charge on any atom is -0.464 e. The zero-order valence-electron chi connectivity index (χ0n) is 18.6. The molecule has 0 bridgehead atoms. The summed E-state index contributed by atoms with van der Waals surface area (Å²) in [6.45, 7) is 3.27. The average molecular weight is 489 g/mol. The van der Waals surface area contributed by atoms with Crippen LogP contribution in [0.1, 0.15) is 31.7 Å². The number of benzene rings is 1. The number of carbonyl (C=O) groups excluding carboxylic acids is 2. The molecular weight excluding hydrogens is 455 g/mol. The number of nitrogens with one attached hydrogen (secondary N) is 2. The second kappa shape index (κ2) is 14.0. The van der Waals surface area contributed by atoms with Crippen LogP contribution >= 0.6 is 23.2 Å². The summed E-state index contributed by atoms with van der Waals surface area (Å²) in [7, 11) is 1.89. The third-order valence-electron chi connectivity index (χ3n) is 5.53. The second-order valence-electron chi connectivity index (χ2n) is 7.94.